The van der Waals surface area contributed by atoms with E-state index in [0.29, 0.717) is 0 Å². The molecular formula is C6H7BF3N2O2S-. The molecule has 0 aromatic carbocycles. The minimum atomic E-state index is -5.11. The number of hydrogen-bond acceptors (Lipinski definition) is 3. The third-order valence-electron chi connectivity index (χ3n) is 1.62. The van der Waals surface area contributed by atoms with E-state index >= 15 is 0 Å². The molecule has 0 aliphatic carbocycles. The van der Waals surface area contributed by atoms with Crippen LogP contribution < -0.4 is 5.14 Å². The number of hydrogen-bond donors (Lipinski definition) is 1. The summed E-state index contributed by atoms with van der Waals surface area (Å²) in [6, 6.07) is 0.951. The number of halogens is 3. The Balaban J connectivity index is 3.20. The van der Waals surface area contributed by atoms with Crippen LogP contribution in [0.4, 0.5) is 12.9 Å². The Kier molecular flexibility index (Phi) is 3.05. The second kappa shape index (κ2) is 3.82. The van der Waals surface area contributed by atoms with Crippen LogP contribution in [0, 0.1) is 0 Å². The summed E-state index contributed by atoms with van der Waals surface area (Å²) in [5.41, 5.74) is -0.424. The number of pyridine rings is 1. The Morgan fingerprint density at radius 1 is 1.40 bits per heavy atom. The van der Waals surface area contributed by atoms with E-state index in [-0.39, 0.29) is 0 Å². The summed E-state index contributed by atoms with van der Waals surface area (Å²) >= 11 is 0. The first-order chi connectivity index (χ1) is 6.70. The van der Waals surface area contributed by atoms with Gasteiger partial charge in [-0.3, -0.25) is 4.98 Å². The van der Waals surface area contributed by atoms with Crippen molar-refractivity contribution >= 4 is 17.0 Å². The van der Waals surface area contributed by atoms with Gasteiger partial charge >= 0.3 is 6.98 Å². The number of rotatable bonds is 3. The first-order valence-corrected chi connectivity index (χ1v) is 5.41. The zero-order chi connectivity index (χ0) is 11.7. The second-order valence-corrected chi connectivity index (χ2v) is 4.47. The molecule has 0 saturated heterocycles. The Hall–Kier alpha value is -1.09. The lowest BCUT2D eigenvalue weighted by molar-refractivity contribution is 0.467. The smallest absolute Gasteiger partial charge is 0.449 e. The first kappa shape index (κ1) is 12.0. The van der Waals surface area contributed by atoms with Gasteiger partial charge < -0.3 is 12.9 Å². The van der Waals surface area contributed by atoms with E-state index in [1.165, 1.54) is 0 Å². The fourth-order valence-electron chi connectivity index (χ4n) is 1.09. The van der Waals surface area contributed by atoms with Gasteiger partial charge in [-0.2, -0.15) is 0 Å². The molecule has 0 fully saturated rings. The van der Waals surface area contributed by atoms with Gasteiger partial charge in [-0.25, -0.2) is 13.6 Å². The van der Waals surface area contributed by atoms with Crippen LogP contribution in [0.5, 0.6) is 0 Å². The molecule has 9 heteroatoms. The predicted octanol–water partition coefficient (Wildman–Crippen LogP) is 0.658. The lowest BCUT2D eigenvalue weighted by Crippen LogP contribution is -2.23. The van der Waals surface area contributed by atoms with Crippen molar-refractivity contribution in [1.82, 2.24) is 4.98 Å². The number of nitrogens with two attached hydrogens (primary N) is 1. The Bertz CT molecular complexity index is 460. The maximum absolute atomic E-state index is 12.1. The van der Waals surface area contributed by atoms with Crippen LogP contribution in [0.3, 0.4) is 0 Å². The van der Waals surface area contributed by atoms with E-state index < -0.39 is 33.8 Å². The van der Waals surface area contributed by atoms with Crippen LogP contribution in [0.1, 0.15) is 5.56 Å². The lowest BCUT2D eigenvalue weighted by Gasteiger charge is -2.15. The normalized spacial score (nSPS) is 12.8. The van der Waals surface area contributed by atoms with E-state index in [0.717, 1.165) is 18.5 Å². The minimum Gasteiger partial charge on any atom is -0.449 e. The number of aromatic nitrogens is 1. The van der Waals surface area contributed by atoms with Gasteiger partial charge in [0.05, 0.1) is 4.90 Å². The van der Waals surface area contributed by atoms with Crippen molar-refractivity contribution in [2.75, 3.05) is 0 Å². The largest absolute Gasteiger partial charge is 0.482 e. The van der Waals surface area contributed by atoms with Crippen LogP contribution in [0.25, 0.3) is 0 Å². The maximum Gasteiger partial charge on any atom is 0.482 e. The third-order valence-corrected chi connectivity index (χ3v) is 2.63. The molecule has 2 N–H and O–H groups in total. The van der Waals surface area contributed by atoms with E-state index in [4.69, 9.17) is 5.14 Å². The van der Waals surface area contributed by atoms with Crippen molar-refractivity contribution < 1.29 is 21.4 Å². The van der Waals surface area contributed by atoms with Gasteiger partial charge in [0.1, 0.15) is 0 Å². The summed E-state index contributed by atoms with van der Waals surface area (Å²) in [6.45, 7) is -5.11. The van der Waals surface area contributed by atoms with Crippen molar-refractivity contribution in [3.8, 4) is 0 Å². The van der Waals surface area contributed by atoms with Crippen LogP contribution in [0.2, 0.25) is 0 Å². The Morgan fingerprint density at radius 3 is 2.47 bits per heavy atom. The minimum absolute atomic E-state index is 0.424. The monoisotopic (exact) mass is 239 g/mol. The van der Waals surface area contributed by atoms with Gasteiger partial charge in [0.2, 0.25) is 10.0 Å². The average Bonchev–Trinajstić information content (AvgIpc) is 1.99. The summed E-state index contributed by atoms with van der Waals surface area (Å²) in [6.07, 6.45) is 0.626. The summed E-state index contributed by atoms with van der Waals surface area (Å²) in [7, 11) is -4.14. The fraction of sp³-hybridized carbons (Fsp3) is 0.167. The molecule has 0 aliphatic rings. The SMILES string of the molecule is NS(=O)(=O)c1ccncc1C[B-](F)(F)F. The summed E-state index contributed by atoms with van der Waals surface area (Å²) < 4.78 is 58.2. The number of sulfonamides is 1. The van der Waals surface area contributed by atoms with Gasteiger partial charge in [0.25, 0.3) is 0 Å². The van der Waals surface area contributed by atoms with Crippen LogP contribution in [-0.2, 0) is 16.3 Å². The van der Waals surface area contributed by atoms with Gasteiger partial charge in [-0.15, -0.1) is 0 Å². The van der Waals surface area contributed by atoms with Crippen molar-refractivity contribution in [2.24, 2.45) is 5.14 Å². The highest BCUT2D eigenvalue weighted by Gasteiger charge is 2.26. The standard InChI is InChI=1S/C6H7BF3N2O2S/c8-7(9,10)3-5-4-12-2-1-6(5)15(11,13)14/h1-2,4H,3H2,(H2,11,13,14)/q-1. The molecule has 0 radical (unpaired) electrons. The molecule has 0 amide bonds. The maximum atomic E-state index is 12.1. The average molecular weight is 239 g/mol. The van der Waals surface area contributed by atoms with Crippen molar-refractivity contribution in [3.05, 3.63) is 24.0 Å². The quantitative estimate of drug-likeness (QED) is 0.787. The van der Waals surface area contributed by atoms with Crippen molar-refractivity contribution in [1.29, 1.82) is 0 Å². The van der Waals surface area contributed by atoms with E-state index in [1.54, 1.807) is 0 Å². The molecule has 1 aromatic rings. The van der Waals surface area contributed by atoms with Crippen molar-refractivity contribution in [2.45, 2.75) is 11.2 Å². The van der Waals surface area contributed by atoms with E-state index in [9.17, 15) is 21.4 Å². The number of primary sulfonamides is 1. The highest BCUT2D eigenvalue weighted by atomic mass is 32.2. The van der Waals surface area contributed by atoms with Crippen molar-refractivity contribution in [3.63, 3.8) is 0 Å². The molecule has 1 aromatic heterocycles. The molecule has 84 valence electrons. The molecule has 0 saturated carbocycles. The zero-order valence-electron chi connectivity index (χ0n) is 7.40. The molecule has 15 heavy (non-hydrogen) atoms. The third kappa shape index (κ3) is 3.52. The Labute approximate surface area is 84.4 Å². The highest BCUT2D eigenvalue weighted by molar-refractivity contribution is 7.89. The molecule has 0 atom stereocenters. The first-order valence-electron chi connectivity index (χ1n) is 3.87. The molecule has 0 unspecified atom stereocenters. The summed E-state index contributed by atoms with van der Waals surface area (Å²) in [5, 5.41) is 4.76. The van der Waals surface area contributed by atoms with Crippen LogP contribution >= 0.6 is 0 Å². The molecular weight excluding hydrogens is 232 g/mol. The van der Waals surface area contributed by atoms with Crippen LogP contribution in [0.15, 0.2) is 23.4 Å². The van der Waals surface area contributed by atoms with Gasteiger partial charge in [-0.1, -0.05) is 6.32 Å². The topological polar surface area (TPSA) is 73.1 Å². The second-order valence-electron chi connectivity index (χ2n) is 2.94. The van der Waals surface area contributed by atoms with Gasteiger partial charge in [0, 0.05) is 12.4 Å². The molecule has 1 heterocycles. The zero-order valence-corrected chi connectivity index (χ0v) is 8.22. The summed E-state index contributed by atoms with van der Waals surface area (Å²) in [5.74, 6) is 0. The van der Waals surface area contributed by atoms with E-state index in [2.05, 4.69) is 4.98 Å². The lowest BCUT2D eigenvalue weighted by atomic mass is 9.82. The predicted molar refractivity (Wildman–Crippen MR) is 48.4 cm³/mol. The van der Waals surface area contributed by atoms with Gasteiger partial charge in [-0.05, 0) is 11.6 Å². The summed E-state index contributed by atoms with van der Waals surface area (Å²) in [4.78, 5) is 2.90. The molecule has 0 aliphatic heterocycles. The highest BCUT2D eigenvalue weighted by Crippen LogP contribution is 2.20. The fourth-order valence-corrected chi connectivity index (χ4v) is 1.85. The molecule has 0 bridgehead atoms. The molecule has 4 nitrogen and oxygen atoms in total. The van der Waals surface area contributed by atoms with E-state index in [1.807, 2.05) is 0 Å². The van der Waals surface area contributed by atoms with Crippen LogP contribution in [-0.4, -0.2) is 20.4 Å². The number of nitrogens with zero attached hydrogens (tertiary/aromatic N) is 1. The van der Waals surface area contributed by atoms with Gasteiger partial charge in [0.15, 0.2) is 0 Å². The molecule has 0 spiro atoms. The Morgan fingerprint density at radius 2 is 2.00 bits per heavy atom. The molecule has 1 rings (SSSR count).